The Balaban J connectivity index is 1.74. The lowest BCUT2D eigenvalue weighted by Gasteiger charge is -2.20. The molecule has 1 amide bonds. The first kappa shape index (κ1) is 15.8. The second-order valence-corrected chi connectivity index (χ2v) is 5.66. The molecule has 0 unspecified atom stereocenters. The molecule has 0 aliphatic carbocycles. The summed E-state index contributed by atoms with van der Waals surface area (Å²) >= 11 is 0. The molecule has 3 aromatic rings. The van der Waals surface area contributed by atoms with Crippen LogP contribution in [0, 0.1) is 11.3 Å². The predicted octanol–water partition coefficient (Wildman–Crippen LogP) is 3.92. The van der Waals surface area contributed by atoms with Gasteiger partial charge in [-0.1, -0.05) is 42.5 Å². The van der Waals surface area contributed by atoms with E-state index in [0.29, 0.717) is 25.9 Å². The minimum atomic E-state index is -0.00284. The monoisotopic (exact) mass is 318 g/mol. The molecular formula is C20H18N2O2. The summed E-state index contributed by atoms with van der Waals surface area (Å²) in [5, 5.41) is 11.1. The van der Waals surface area contributed by atoms with Gasteiger partial charge in [0.15, 0.2) is 0 Å². The quantitative estimate of drug-likeness (QED) is 0.692. The van der Waals surface area contributed by atoms with Crippen molar-refractivity contribution in [3.63, 3.8) is 0 Å². The first-order chi connectivity index (χ1) is 11.8. The van der Waals surface area contributed by atoms with Crippen LogP contribution < -0.4 is 0 Å². The SMILES string of the molecule is N#CCCN(Cc1ccco1)C(=O)Cc1ccc2ccccc2c1. The van der Waals surface area contributed by atoms with Crippen molar-refractivity contribution in [1.29, 1.82) is 5.26 Å². The van der Waals surface area contributed by atoms with Gasteiger partial charge in [0.25, 0.3) is 0 Å². The Morgan fingerprint density at radius 2 is 1.92 bits per heavy atom. The van der Waals surface area contributed by atoms with Gasteiger partial charge >= 0.3 is 0 Å². The molecule has 0 bridgehead atoms. The third-order valence-corrected chi connectivity index (χ3v) is 3.94. The Bertz CT molecular complexity index is 863. The van der Waals surface area contributed by atoms with Gasteiger partial charge in [0, 0.05) is 6.54 Å². The van der Waals surface area contributed by atoms with Gasteiger partial charge in [0.05, 0.1) is 31.7 Å². The Morgan fingerprint density at radius 1 is 1.08 bits per heavy atom. The molecule has 0 radical (unpaired) electrons. The third-order valence-electron chi connectivity index (χ3n) is 3.94. The van der Waals surface area contributed by atoms with Gasteiger partial charge in [0.1, 0.15) is 5.76 Å². The second kappa shape index (κ2) is 7.47. The highest BCUT2D eigenvalue weighted by atomic mass is 16.3. The minimum absolute atomic E-state index is 0.00284. The lowest BCUT2D eigenvalue weighted by atomic mass is 10.0. The third kappa shape index (κ3) is 3.82. The van der Waals surface area contributed by atoms with Crippen LogP contribution in [0.5, 0.6) is 0 Å². The molecule has 120 valence electrons. The zero-order valence-electron chi connectivity index (χ0n) is 13.3. The van der Waals surface area contributed by atoms with Crippen LogP contribution in [-0.2, 0) is 17.8 Å². The maximum Gasteiger partial charge on any atom is 0.227 e. The summed E-state index contributed by atoms with van der Waals surface area (Å²) in [4.78, 5) is 14.3. The molecule has 0 fully saturated rings. The molecule has 0 aliphatic rings. The molecule has 1 aromatic heterocycles. The number of rotatable bonds is 6. The normalized spacial score (nSPS) is 10.5. The molecule has 0 atom stereocenters. The van der Waals surface area contributed by atoms with Crippen LogP contribution in [0.2, 0.25) is 0 Å². The standard InChI is InChI=1S/C20H18N2O2/c21-10-4-11-22(15-19-7-3-12-24-19)20(23)14-16-8-9-17-5-1-2-6-18(17)13-16/h1-3,5-9,12-13H,4,11,14-15H2. The number of amides is 1. The molecule has 2 aromatic carbocycles. The van der Waals surface area contributed by atoms with E-state index in [1.54, 1.807) is 17.2 Å². The molecule has 0 saturated carbocycles. The number of nitrogens with zero attached hydrogens (tertiary/aromatic N) is 2. The lowest BCUT2D eigenvalue weighted by molar-refractivity contribution is -0.131. The highest BCUT2D eigenvalue weighted by Gasteiger charge is 2.15. The van der Waals surface area contributed by atoms with E-state index >= 15 is 0 Å². The zero-order chi connectivity index (χ0) is 16.8. The molecule has 0 spiro atoms. The van der Waals surface area contributed by atoms with E-state index in [4.69, 9.17) is 9.68 Å². The molecule has 0 aliphatic heterocycles. The van der Waals surface area contributed by atoms with E-state index in [0.717, 1.165) is 22.1 Å². The van der Waals surface area contributed by atoms with Gasteiger partial charge in [-0.3, -0.25) is 4.79 Å². The summed E-state index contributed by atoms with van der Waals surface area (Å²) in [5.41, 5.74) is 0.972. The van der Waals surface area contributed by atoms with Crippen LogP contribution in [0.1, 0.15) is 17.7 Å². The van der Waals surface area contributed by atoms with Crippen LogP contribution >= 0.6 is 0 Å². The highest BCUT2D eigenvalue weighted by Crippen LogP contribution is 2.17. The maximum atomic E-state index is 12.7. The summed E-state index contributed by atoms with van der Waals surface area (Å²) in [6, 6.07) is 19.9. The van der Waals surface area contributed by atoms with Gasteiger partial charge in [-0.2, -0.15) is 5.26 Å². The number of benzene rings is 2. The lowest BCUT2D eigenvalue weighted by Crippen LogP contribution is -2.32. The summed E-state index contributed by atoms with van der Waals surface area (Å²) in [5.74, 6) is 0.719. The first-order valence-electron chi connectivity index (χ1n) is 7.91. The smallest absolute Gasteiger partial charge is 0.227 e. The number of hydrogen-bond donors (Lipinski definition) is 0. The number of carbonyl (C=O) groups excluding carboxylic acids is 1. The molecule has 0 saturated heterocycles. The van der Waals surface area contributed by atoms with Crippen molar-refractivity contribution >= 4 is 16.7 Å². The number of furan rings is 1. The van der Waals surface area contributed by atoms with Crippen molar-refractivity contribution in [2.45, 2.75) is 19.4 Å². The Hall–Kier alpha value is -3.06. The topological polar surface area (TPSA) is 57.2 Å². The largest absolute Gasteiger partial charge is 0.467 e. The van der Waals surface area contributed by atoms with Gasteiger partial charge in [-0.25, -0.2) is 0 Å². The number of hydrogen-bond acceptors (Lipinski definition) is 3. The Labute approximate surface area is 140 Å². The van der Waals surface area contributed by atoms with Crippen LogP contribution in [0.25, 0.3) is 10.8 Å². The molecule has 1 heterocycles. The van der Waals surface area contributed by atoms with E-state index in [1.807, 2.05) is 42.5 Å². The van der Waals surface area contributed by atoms with E-state index in [9.17, 15) is 4.79 Å². The Morgan fingerprint density at radius 3 is 2.67 bits per heavy atom. The molecule has 4 heteroatoms. The molecule has 0 N–H and O–H groups in total. The van der Waals surface area contributed by atoms with Crippen molar-refractivity contribution < 1.29 is 9.21 Å². The minimum Gasteiger partial charge on any atom is -0.467 e. The summed E-state index contributed by atoms with van der Waals surface area (Å²) < 4.78 is 5.33. The van der Waals surface area contributed by atoms with Crippen molar-refractivity contribution in [2.75, 3.05) is 6.54 Å². The number of fused-ring (bicyclic) bond motifs is 1. The van der Waals surface area contributed by atoms with E-state index < -0.39 is 0 Å². The van der Waals surface area contributed by atoms with Gasteiger partial charge < -0.3 is 9.32 Å². The molecule has 3 rings (SSSR count). The van der Waals surface area contributed by atoms with Gasteiger partial charge in [-0.05, 0) is 28.5 Å². The fraction of sp³-hybridized carbons (Fsp3) is 0.200. The average Bonchev–Trinajstić information content (AvgIpc) is 3.11. The predicted molar refractivity (Wildman–Crippen MR) is 92.0 cm³/mol. The fourth-order valence-corrected chi connectivity index (χ4v) is 2.70. The van der Waals surface area contributed by atoms with E-state index in [2.05, 4.69) is 12.1 Å². The van der Waals surface area contributed by atoms with Crippen molar-refractivity contribution in [1.82, 2.24) is 4.90 Å². The van der Waals surface area contributed by atoms with Crippen LogP contribution in [0.4, 0.5) is 0 Å². The highest BCUT2D eigenvalue weighted by molar-refractivity contribution is 5.85. The van der Waals surface area contributed by atoms with E-state index in [1.165, 1.54) is 0 Å². The van der Waals surface area contributed by atoms with Crippen molar-refractivity contribution in [2.24, 2.45) is 0 Å². The molecule has 4 nitrogen and oxygen atoms in total. The zero-order valence-corrected chi connectivity index (χ0v) is 13.3. The summed E-state index contributed by atoms with van der Waals surface area (Å²) in [7, 11) is 0. The van der Waals surface area contributed by atoms with Crippen LogP contribution in [-0.4, -0.2) is 17.4 Å². The summed E-state index contributed by atoms with van der Waals surface area (Å²) in [6.45, 7) is 0.796. The molecule has 24 heavy (non-hydrogen) atoms. The molecular weight excluding hydrogens is 300 g/mol. The fourth-order valence-electron chi connectivity index (χ4n) is 2.70. The van der Waals surface area contributed by atoms with Crippen LogP contribution in [0.15, 0.2) is 65.3 Å². The van der Waals surface area contributed by atoms with Crippen molar-refractivity contribution in [3.05, 3.63) is 72.2 Å². The average molecular weight is 318 g/mol. The first-order valence-corrected chi connectivity index (χ1v) is 7.91. The Kier molecular flexibility index (Phi) is 4.93. The van der Waals surface area contributed by atoms with E-state index in [-0.39, 0.29) is 5.91 Å². The van der Waals surface area contributed by atoms with Gasteiger partial charge in [0.2, 0.25) is 5.91 Å². The van der Waals surface area contributed by atoms with Crippen LogP contribution in [0.3, 0.4) is 0 Å². The number of carbonyl (C=O) groups is 1. The summed E-state index contributed by atoms with van der Waals surface area (Å²) in [6.07, 6.45) is 2.22. The van der Waals surface area contributed by atoms with Crippen molar-refractivity contribution in [3.8, 4) is 6.07 Å². The maximum absolute atomic E-state index is 12.7. The second-order valence-electron chi connectivity index (χ2n) is 5.66. The number of nitriles is 1. The van der Waals surface area contributed by atoms with Gasteiger partial charge in [-0.15, -0.1) is 0 Å².